The summed E-state index contributed by atoms with van der Waals surface area (Å²) in [7, 11) is 0. The first-order chi connectivity index (χ1) is 8.63. The zero-order chi connectivity index (χ0) is 13.4. The third-order valence-corrected chi connectivity index (χ3v) is 2.57. The van der Waals surface area contributed by atoms with Crippen molar-refractivity contribution in [3.8, 4) is 0 Å². The predicted molar refractivity (Wildman–Crippen MR) is 71.7 cm³/mol. The Labute approximate surface area is 112 Å². The first kappa shape index (κ1) is 14.5. The number of rotatable bonds is 6. The van der Waals surface area contributed by atoms with Crippen molar-refractivity contribution >= 4 is 23.4 Å². The van der Waals surface area contributed by atoms with E-state index in [0.29, 0.717) is 30.1 Å². The minimum absolute atomic E-state index is 0.0479. The van der Waals surface area contributed by atoms with Gasteiger partial charge in [0.2, 0.25) is 5.91 Å². The van der Waals surface area contributed by atoms with Gasteiger partial charge in [-0.25, -0.2) is 0 Å². The van der Waals surface area contributed by atoms with E-state index in [1.807, 2.05) is 6.92 Å². The lowest BCUT2D eigenvalue weighted by atomic mass is 10.2. The molecule has 1 rings (SSSR count). The maximum Gasteiger partial charge on any atom is 0.251 e. The van der Waals surface area contributed by atoms with E-state index in [-0.39, 0.29) is 11.8 Å². The van der Waals surface area contributed by atoms with E-state index in [9.17, 15) is 9.59 Å². The summed E-state index contributed by atoms with van der Waals surface area (Å²) in [5, 5.41) is 6.02. The number of carbonyl (C=O) groups is 2. The van der Waals surface area contributed by atoms with E-state index >= 15 is 0 Å². The molecule has 2 N–H and O–H groups in total. The summed E-state index contributed by atoms with van der Waals surface area (Å²) in [6.45, 7) is 2.99. The van der Waals surface area contributed by atoms with Crippen LogP contribution in [0.2, 0.25) is 5.02 Å². The lowest BCUT2D eigenvalue weighted by Gasteiger charge is -2.06. The highest BCUT2D eigenvalue weighted by molar-refractivity contribution is 6.30. The topological polar surface area (TPSA) is 58.2 Å². The minimum atomic E-state index is -0.199. The molecule has 0 aliphatic rings. The Hall–Kier alpha value is -1.55. The number of halogens is 1. The van der Waals surface area contributed by atoms with E-state index in [1.54, 1.807) is 24.3 Å². The molecule has 0 aromatic heterocycles. The van der Waals surface area contributed by atoms with E-state index in [4.69, 9.17) is 11.6 Å². The molecule has 0 unspecified atom stereocenters. The number of amides is 2. The number of hydrogen-bond donors (Lipinski definition) is 2. The molecule has 5 heteroatoms. The van der Waals surface area contributed by atoms with Crippen molar-refractivity contribution in [1.82, 2.24) is 10.6 Å². The highest BCUT2D eigenvalue weighted by Gasteiger charge is 2.05. The number of hydrogen-bond acceptors (Lipinski definition) is 2. The van der Waals surface area contributed by atoms with Gasteiger partial charge in [-0.15, -0.1) is 0 Å². The van der Waals surface area contributed by atoms with Crippen LogP contribution in [0.5, 0.6) is 0 Å². The van der Waals surface area contributed by atoms with Gasteiger partial charge in [-0.3, -0.25) is 9.59 Å². The normalized spacial score (nSPS) is 9.89. The average Bonchev–Trinajstić information content (AvgIpc) is 2.37. The van der Waals surface area contributed by atoms with Crippen molar-refractivity contribution in [2.24, 2.45) is 0 Å². The number of benzene rings is 1. The second kappa shape index (κ2) is 7.71. The summed E-state index contributed by atoms with van der Waals surface area (Å²) < 4.78 is 0. The second-order valence-corrected chi connectivity index (χ2v) is 4.30. The zero-order valence-electron chi connectivity index (χ0n) is 10.3. The maximum absolute atomic E-state index is 11.7. The molecule has 0 bridgehead atoms. The Bertz CT molecular complexity index is 404. The van der Waals surface area contributed by atoms with Crippen LogP contribution >= 0.6 is 11.6 Å². The summed E-state index contributed by atoms with van der Waals surface area (Å²) in [5.41, 5.74) is 0.536. The van der Waals surface area contributed by atoms with Crippen LogP contribution in [-0.4, -0.2) is 24.9 Å². The lowest BCUT2D eigenvalue weighted by Crippen LogP contribution is -2.31. The van der Waals surface area contributed by atoms with Gasteiger partial charge in [-0.2, -0.15) is 0 Å². The summed E-state index contributed by atoms with van der Waals surface area (Å²) in [4.78, 5) is 23.0. The number of carbonyl (C=O) groups excluding carboxylic acids is 2. The Morgan fingerprint density at radius 1 is 1.11 bits per heavy atom. The van der Waals surface area contributed by atoms with Gasteiger partial charge in [-0.1, -0.05) is 18.5 Å². The molecule has 0 saturated heterocycles. The quantitative estimate of drug-likeness (QED) is 0.829. The standard InChI is InChI=1S/C13H17ClN2O2/c1-2-8-15-12(17)7-9-16-13(18)10-3-5-11(14)6-4-10/h3-6H,2,7-9H2,1H3,(H,15,17)(H,16,18). The van der Waals surface area contributed by atoms with Gasteiger partial charge in [0.1, 0.15) is 0 Å². The van der Waals surface area contributed by atoms with E-state index < -0.39 is 0 Å². The average molecular weight is 269 g/mol. The fourth-order valence-corrected chi connectivity index (χ4v) is 1.47. The Morgan fingerprint density at radius 3 is 2.39 bits per heavy atom. The van der Waals surface area contributed by atoms with Gasteiger partial charge in [0, 0.05) is 30.1 Å². The SMILES string of the molecule is CCCNC(=O)CCNC(=O)c1ccc(Cl)cc1. The van der Waals surface area contributed by atoms with Crippen molar-refractivity contribution in [3.63, 3.8) is 0 Å². The molecule has 0 heterocycles. The Balaban J connectivity index is 2.29. The third-order valence-electron chi connectivity index (χ3n) is 2.32. The lowest BCUT2D eigenvalue weighted by molar-refractivity contribution is -0.120. The van der Waals surface area contributed by atoms with Gasteiger partial charge in [0.25, 0.3) is 5.91 Å². The summed E-state index contributed by atoms with van der Waals surface area (Å²) in [6.07, 6.45) is 1.20. The van der Waals surface area contributed by atoms with Gasteiger partial charge >= 0.3 is 0 Å². The fraction of sp³-hybridized carbons (Fsp3) is 0.385. The van der Waals surface area contributed by atoms with Crippen LogP contribution in [0.1, 0.15) is 30.1 Å². The smallest absolute Gasteiger partial charge is 0.251 e. The molecule has 18 heavy (non-hydrogen) atoms. The largest absolute Gasteiger partial charge is 0.356 e. The Kier molecular flexibility index (Phi) is 6.22. The molecule has 0 fully saturated rings. The molecule has 0 aliphatic heterocycles. The summed E-state index contributed by atoms with van der Waals surface area (Å²) in [5.74, 6) is -0.247. The fourth-order valence-electron chi connectivity index (χ4n) is 1.35. The van der Waals surface area contributed by atoms with Crippen molar-refractivity contribution in [2.75, 3.05) is 13.1 Å². The molecule has 0 aliphatic carbocycles. The molecule has 0 saturated carbocycles. The summed E-state index contributed by atoms with van der Waals surface area (Å²) in [6, 6.07) is 6.61. The van der Waals surface area contributed by atoms with Crippen LogP contribution < -0.4 is 10.6 Å². The van der Waals surface area contributed by atoms with Gasteiger partial charge < -0.3 is 10.6 Å². The van der Waals surface area contributed by atoms with Crippen LogP contribution in [-0.2, 0) is 4.79 Å². The van der Waals surface area contributed by atoms with Crippen LogP contribution in [0, 0.1) is 0 Å². The molecule has 98 valence electrons. The van der Waals surface area contributed by atoms with Gasteiger partial charge in [0.15, 0.2) is 0 Å². The van der Waals surface area contributed by atoms with Crippen LogP contribution in [0.3, 0.4) is 0 Å². The first-order valence-corrected chi connectivity index (χ1v) is 6.31. The third kappa shape index (κ3) is 5.19. The number of nitrogens with one attached hydrogen (secondary N) is 2. The second-order valence-electron chi connectivity index (χ2n) is 3.86. The molecule has 1 aromatic carbocycles. The minimum Gasteiger partial charge on any atom is -0.356 e. The molecule has 0 spiro atoms. The molecule has 1 aromatic rings. The maximum atomic E-state index is 11.7. The van der Waals surface area contributed by atoms with Gasteiger partial charge in [0.05, 0.1) is 0 Å². The first-order valence-electron chi connectivity index (χ1n) is 5.94. The monoisotopic (exact) mass is 268 g/mol. The van der Waals surface area contributed by atoms with Crippen molar-refractivity contribution in [3.05, 3.63) is 34.9 Å². The molecule has 2 amide bonds. The Morgan fingerprint density at radius 2 is 1.78 bits per heavy atom. The van der Waals surface area contributed by atoms with Crippen LogP contribution in [0.25, 0.3) is 0 Å². The summed E-state index contributed by atoms with van der Waals surface area (Å²) >= 11 is 5.73. The van der Waals surface area contributed by atoms with E-state index in [1.165, 1.54) is 0 Å². The van der Waals surface area contributed by atoms with Gasteiger partial charge in [-0.05, 0) is 30.7 Å². The molecular weight excluding hydrogens is 252 g/mol. The molecule has 4 nitrogen and oxygen atoms in total. The predicted octanol–water partition coefficient (Wildman–Crippen LogP) is 1.99. The van der Waals surface area contributed by atoms with E-state index in [0.717, 1.165) is 6.42 Å². The van der Waals surface area contributed by atoms with Crippen molar-refractivity contribution in [2.45, 2.75) is 19.8 Å². The van der Waals surface area contributed by atoms with Crippen LogP contribution in [0.4, 0.5) is 0 Å². The highest BCUT2D eigenvalue weighted by Crippen LogP contribution is 2.09. The van der Waals surface area contributed by atoms with Crippen molar-refractivity contribution < 1.29 is 9.59 Å². The van der Waals surface area contributed by atoms with Crippen LogP contribution in [0.15, 0.2) is 24.3 Å². The zero-order valence-corrected chi connectivity index (χ0v) is 11.1. The van der Waals surface area contributed by atoms with E-state index in [2.05, 4.69) is 10.6 Å². The molecular formula is C13H17ClN2O2. The molecule has 0 radical (unpaired) electrons. The molecule has 0 atom stereocenters. The van der Waals surface area contributed by atoms with Crippen molar-refractivity contribution in [1.29, 1.82) is 0 Å². The highest BCUT2D eigenvalue weighted by atomic mass is 35.5.